The lowest BCUT2D eigenvalue weighted by atomic mass is 9.98. The van der Waals surface area contributed by atoms with E-state index in [0.29, 0.717) is 41.1 Å². The number of carbonyl (C=O) groups excluding carboxylic acids is 3. The fourth-order valence-corrected chi connectivity index (χ4v) is 5.84. The van der Waals surface area contributed by atoms with Crippen molar-refractivity contribution in [3.8, 4) is 22.6 Å². The lowest BCUT2D eigenvalue weighted by Crippen LogP contribution is -2.47. The van der Waals surface area contributed by atoms with E-state index in [4.69, 9.17) is 15.2 Å². The number of aromatic nitrogens is 2. The number of fused-ring (bicyclic) bond motifs is 1. The van der Waals surface area contributed by atoms with Crippen LogP contribution in [-0.2, 0) is 9.59 Å². The molecule has 0 spiro atoms. The number of hydrogen-bond acceptors (Lipinski definition) is 9. The molecule has 2 amide bonds. The second-order valence-electron chi connectivity index (χ2n) is 11.7. The molecule has 1 saturated heterocycles. The maximum atomic E-state index is 14.0. The maximum Gasteiger partial charge on any atom is 0.260 e. The van der Waals surface area contributed by atoms with Crippen LogP contribution in [0.5, 0.6) is 11.5 Å². The molecule has 1 aromatic heterocycles. The molecular weight excluding hydrogens is 598 g/mol. The third-order valence-electron chi connectivity index (χ3n) is 8.47. The van der Waals surface area contributed by atoms with Gasteiger partial charge < -0.3 is 34.9 Å². The number of unbranched alkanes of at least 4 members (excludes halogenated alkanes) is 2. The quantitative estimate of drug-likeness (QED) is 0.124. The molecular formula is C35H41N7O5. The Morgan fingerprint density at radius 1 is 1.06 bits per heavy atom. The Morgan fingerprint density at radius 2 is 1.85 bits per heavy atom. The zero-order valence-corrected chi connectivity index (χ0v) is 27.3. The van der Waals surface area contributed by atoms with Crippen LogP contribution in [0.15, 0.2) is 53.5 Å². The standard InChI is InChI=1S/C35H41N7O5/c1-23-12-15-28(29(21-23)47-20-7-5-6-11-30(44)42-18-16-40(2)17-19-42)41(3)34(45)26-14-13-25(33(46-4)32(26)37-22-43)24-9-8-10-27-31(24)39-35(36)38-27/h8-10,12-15,21H,5-7,11,16-20H2,1-4H3,(H3,36,38,39). The second-order valence-corrected chi connectivity index (χ2v) is 11.7. The molecule has 0 atom stereocenters. The number of isocyanates is 1. The molecule has 47 heavy (non-hydrogen) atoms. The molecule has 1 aliphatic heterocycles. The predicted molar refractivity (Wildman–Crippen MR) is 182 cm³/mol. The van der Waals surface area contributed by atoms with E-state index in [1.54, 1.807) is 25.3 Å². The van der Waals surface area contributed by atoms with Crippen LogP contribution in [0.1, 0.15) is 41.6 Å². The average Bonchev–Trinajstić information content (AvgIpc) is 3.46. The molecule has 1 fully saturated rings. The van der Waals surface area contributed by atoms with Crippen molar-refractivity contribution in [2.24, 2.45) is 4.99 Å². The minimum absolute atomic E-state index is 0.0538. The highest BCUT2D eigenvalue weighted by Crippen LogP contribution is 2.43. The summed E-state index contributed by atoms with van der Waals surface area (Å²) in [5, 5.41) is 0. The molecule has 0 unspecified atom stereocenters. The number of para-hydroxylation sites is 1. The molecule has 0 bridgehead atoms. The van der Waals surface area contributed by atoms with Crippen molar-refractivity contribution >= 4 is 46.3 Å². The van der Waals surface area contributed by atoms with Crippen molar-refractivity contribution in [3.63, 3.8) is 0 Å². The molecule has 5 rings (SSSR count). The van der Waals surface area contributed by atoms with Crippen molar-refractivity contribution in [1.82, 2.24) is 19.8 Å². The first-order valence-corrected chi connectivity index (χ1v) is 15.7. The molecule has 4 aromatic rings. The summed E-state index contributed by atoms with van der Waals surface area (Å²) in [6, 6.07) is 14.5. The Kier molecular flexibility index (Phi) is 10.5. The van der Waals surface area contributed by atoms with E-state index in [0.717, 1.165) is 56.5 Å². The number of nitrogen functional groups attached to an aromatic ring is 1. The van der Waals surface area contributed by atoms with Crippen LogP contribution in [-0.4, -0.2) is 91.7 Å². The van der Waals surface area contributed by atoms with E-state index >= 15 is 0 Å². The van der Waals surface area contributed by atoms with Gasteiger partial charge in [0, 0.05) is 50.8 Å². The summed E-state index contributed by atoms with van der Waals surface area (Å²) in [6.45, 7) is 5.80. The first-order valence-electron chi connectivity index (χ1n) is 15.7. The fraction of sp³-hybridized carbons (Fsp3) is 0.371. The SMILES string of the molecule is COc1c(-c2cccc3[nH]c(N)nc23)ccc(C(=O)N(C)c2ccc(C)cc2OCCCCCC(=O)N2CCN(C)CC2)c1N=C=O. The van der Waals surface area contributed by atoms with Crippen LogP contribution >= 0.6 is 0 Å². The van der Waals surface area contributed by atoms with Gasteiger partial charge in [0.25, 0.3) is 5.91 Å². The van der Waals surface area contributed by atoms with Gasteiger partial charge in [-0.25, -0.2) is 9.78 Å². The second kappa shape index (κ2) is 14.9. The number of aryl methyl sites for hydroxylation is 1. The Bertz CT molecular complexity index is 1810. The summed E-state index contributed by atoms with van der Waals surface area (Å²) >= 11 is 0. The number of hydrogen-bond donors (Lipinski definition) is 2. The Hall–Kier alpha value is -5.19. The zero-order valence-electron chi connectivity index (χ0n) is 27.3. The number of aromatic amines is 1. The highest BCUT2D eigenvalue weighted by Gasteiger charge is 2.26. The number of nitrogens with two attached hydrogens (primary N) is 1. The number of nitrogens with zero attached hydrogens (tertiary/aromatic N) is 5. The summed E-state index contributed by atoms with van der Waals surface area (Å²) in [5.74, 6) is 0.848. The van der Waals surface area contributed by atoms with Crippen molar-refractivity contribution in [3.05, 3.63) is 59.7 Å². The Labute approximate surface area is 274 Å². The summed E-state index contributed by atoms with van der Waals surface area (Å²) in [7, 11) is 5.17. The van der Waals surface area contributed by atoms with Crippen molar-refractivity contribution in [2.45, 2.75) is 32.6 Å². The predicted octanol–water partition coefficient (Wildman–Crippen LogP) is 5.09. The Morgan fingerprint density at radius 3 is 2.60 bits per heavy atom. The molecule has 3 aromatic carbocycles. The topological polar surface area (TPSA) is 146 Å². The molecule has 0 saturated carbocycles. The number of nitrogens with one attached hydrogen (secondary N) is 1. The van der Waals surface area contributed by atoms with Gasteiger partial charge in [-0.05, 0) is 69.1 Å². The number of amides is 2. The first kappa shape index (κ1) is 33.2. The highest BCUT2D eigenvalue weighted by molar-refractivity contribution is 6.11. The number of ether oxygens (including phenoxy) is 2. The number of H-pyrrole nitrogens is 1. The van der Waals surface area contributed by atoms with Crippen molar-refractivity contribution < 1.29 is 23.9 Å². The molecule has 12 heteroatoms. The van der Waals surface area contributed by atoms with Crippen molar-refractivity contribution in [1.29, 1.82) is 0 Å². The van der Waals surface area contributed by atoms with Gasteiger partial charge in [0.2, 0.25) is 12.0 Å². The summed E-state index contributed by atoms with van der Waals surface area (Å²) in [5.41, 5.74) is 10.3. The minimum Gasteiger partial charge on any atom is -0.494 e. The highest BCUT2D eigenvalue weighted by atomic mass is 16.5. The van der Waals surface area contributed by atoms with E-state index in [2.05, 4.69) is 26.9 Å². The van der Waals surface area contributed by atoms with E-state index in [1.165, 1.54) is 12.0 Å². The zero-order chi connectivity index (χ0) is 33.5. The van der Waals surface area contributed by atoms with E-state index in [1.807, 2.05) is 48.2 Å². The largest absolute Gasteiger partial charge is 0.494 e. The monoisotopic (exact) mass is 639 g/mol. The van der Waals surface area contributed by atoms with Gasteiger partial charge in [0.15, 0.2) is 11.7 Å². The van der Waals surface area contributed by atoms with Gasteiger partial charge in [0.1, 0.15) is 11.4 Å². The van der Waals surface area contributed by atoms with Crippen LogP contribution in [0, 0.1) is 6.92 Å². The number of piperazine rings is 1. The summed E-state index contributed by atoms with van der Waals surface area (Å²) in [6.07, 6.45) is 4.54. The molecule has 2 heterocycles. The van der Waals surface area contributed by atoms with Gasteiger partial charge in [-0.2, -0.15) is 4.99 Å². The van der Waals surface area contributed by atoms with Gasteiger partial charge >= 0.3 is 0 Å². The van der Waals surface area contributed by atoms with Gasteiger partial charge in [-0.3, -0.25) is 9.59 Å². The van der Waals surface area contributed by atoms with Crippen LogP contribution in [0.2, 0.25) is 0 Å². The fourth-order valence-electron chi connectivity index (χ4n) is 5.84. The van der Waals surface area contributed by atoms with E-state index in [9.17, 15) is 14.4 Å². The van der Waals surface area contributed by atoms with Crippen LogP contribution in [0.3, 0.4) is 0 Å². The minimum atomic E-state index is -0.415. The number of anilines is 2. The normalized spacial score (nSPS) is 13.3. The summed E-state index contributed by atoms with van der Waals surface area (Å²) < 4.78 is 11.9. The van der Waals surface area contributed by atoms with Gasteiger partial charge in [-0.1, -0.05) is 18.2 Å². The number of carbonyl (C=O) groups is 2. The molecule has 12 nitrogen and oxygen atoms in total. The molecule has 246 valence electrons. The van der Waals surface area contributed by atoms with E-state index in [-0.39, 0.29) is 28.9 Å². The van der Waals surface area contributed by atoms with Crippen LogP contribution < -0.4 is 20.1 Å². The number of methoxy groups -OCH3 is 1. The lowest BCUT2D eigenvalue weighted by molar-refractivity contribution is -0.132. The number of benzene rings is 3. The number of rotatable bonds is 12. The smallest absolute Gasteiger partial charge is 0.260 e. The van der Waals surface area contributed by atoms with Crippen molar-refractivity contribution in [2.75, 3.05) is 64.6 Å². The van der Waals surface area contributed by atoms with Crippen LogP contribution in [0.25, 0.3) is 22.2 Å². The third-order valence-corrected chi connectivity index (χ3v) is 8.47. The summed E-state index contributed by atoms with van der Waals surface area (Å²) in [4.78, 5) is 55.1. The molecule has 0 aliphatic carbocycles. The molecule has 3 N–H and O–H groups in total. The maximum absolute atomic E-state index is 14.0. The third kappa shape index (κ3) is 7.45. The van der Waals surface area contributed by atoms with Gasteiger partial charge in [0.05, 0.1) is 36.0 Å². The number of aliphatic imine (C=N–C) groups is 1. The molecule has 1 aliphatic rings. The Balaban J connectivity index is 1.30. The molecule has 0 radical (unpaired) electrons. The van der Waals surface area contributed by atoms with E-state index < -0.39 is 5.91 Å². The lowest BCUT2D eigenvalue weighted by Gasteiger charge is -2.32. The first-order chi connectivity index (χ1) is 22.7. The van der Waals surface area contributed by atoms with Crippen LogP contribution in [0.4, 0.5) is 17.3 Å². The van der Waals surface area contributed by atoms with Gasteiger partial charge in [-0.15, -0.1) is 0 Å². The number of likely N-dealkylation sites (N-methyl/N-ethyl adjacent to an activating group) is 1. The number of imidazole rings is 1. The average molecular weight is 640 g/mol.